The van der Waals surface area contributed by atoms with Crippen LogP contribution in [0.25, 0.3) is 0 Å². The third-order valence-corrected chi connectivity index (χ3v) is 4.22. The van der Waals surface area contributed by atoms with E-state index in [9.17, 15) is 0 Å². The molecule has 5 atom stereocenters. The molecule has 0 saturated carbocycles. The molecule has 6 heteroatoms. The Balaban J connectivity index is 1.90. The Morgan fingerprint density at radius 3 is 2.48 bits per heavy atom. The SMILES string of the molecule is C#C[C@@]1(OCC=C)[C@@H]([C@H]2COC(C)(C)O2)O[C@@H]2OC(C)(C)O[C@@H]21. The second-order valence-electron chi connectivity index (χ2n) is 6.89. The van der Waals surface area contributed by atoms with Gasteiger partial charge in [-0.05, 0) is 27.7 Å². The molecule has 3 aliphatic rings. The predicted molar refractivity (Wildman–Crippen MR) is 81.3 cm³/mol. The molecule has 0 N–H and O–H groups in total. The van der Waals surface area contributed by atoms with Crippen molar-refractivity contribution in [3.63, 3.8) is 0 Å². The van der Waals surface area contributed by atoms with E-state index in [0.717, 1.165) is 0 Å². The maximum atomic E-state index is 6.05. The zero-order chi connectivity index (χ0) is 16.9. The first kappa shape index (κ1) is 16.9. The summed E-state index contributed by atoms with van der Waals surface area (Å²) in [5, 5.41) is 0. The zero-order valence-electron chi connectivity index (χ0n) is 14.0. The second-order valence-corrected chi connectivity index (χ2v) is 6.89. The van der Waals surface area contributed by atoms with Crippen molar-refractivity contribution in [3.05, 3.63) is 12.7 Å². The van der Waals surface area contributed by atoms with Gasteiger partial charge in [-0.2, -0.15) is 0 Å². The number of terminal acetylenes is 1. The molecular formula is C17H24O6. The molecule has 3 heterocycles. The Hall–Kier alpha value is -0.940. The highest BCUT2D eigenvalue weighted by atomic mass is 16.9. The minimum absolute atomic E-state index is 0.272. The number of hydrogen-bond donors (Lipinski definition) is 0. The van der Waals surface area contributed by atoms with E-state index in [0.29, 0.717) is 6.61 Å². The second kappa shape index (κ2) is 5.55. The van der Waals surface area contributed by atoms with Crippen LogP contribution in [0.1, 0.15) is 27.7 Å². The molecule has 128 valence electrons. The van der Waals surface area contributed by atoms with Crippen LogP contribution in [0.5, 0.6) is 0 Å². The topological polar surface area (TPSA) is 55.4 Å². The fraction of sp³-hybridized carbons (Fsp3) is 0.765. The Bertz CT molecular complexity index is 522. The van der Waals surface area contributed by atoms with Crippen LogP contribution < -0.4 is 0 Å². The first-order chi connectivity index (χ1) is 10.7. The van der Waals surface area contributed by atoms with Crippen molar-refractivity contribution in [3.8, 4) is 12.3 Å². The lowest BCUT2D eigenvalue weighted by Crippen LogP contribution is -2.55. The highest BCUT2D eigenvalue weighted by Crippen LogP contribution is 2.47. The molecule has 3 fully saturated rings. The molecule has 0 aliphatic carbocycles. The van der Waals surface area contributed by atoms with Crippen molar-refractivity contribution in [1.29, 1.82) is 0 Å². The van der Waals surface area contributed by atoms with Gasteiger partial charge in [0.2, 0.25) is 0 Å². The number of rotatable bonds is 4. The summed E-state index contributed by atoms with van der Waals surface area (Å²) in [6.45, 7) is 11.6. The van der Waals surface area contributed by atoms with Gasteiger partial charge in [-0.25, -0.2) is 0 Å². The average Bonchev–Trinajstić information content (AvgIpc) is 3.05. The van der Waals surface area contributed by atoms with Crippen LogP contribution in [-0.2, 0) is 28.4 Å². The lowest BCUT2D eigenvalue weighted by Gasteiger charge is -2.35. The minimum atomic E-state index is -1.12. The van der Waals surface area contributed by atoms with Crippen molar-refractivity contribution in [2.45, 2.75) is 69.5 Å². The van der Waals surface area contributed by atoms with Gasteiger partial charge in [-0.3, -0.25) is 0 Å². The smallest absolute Gasteiger partial charge is 0.191 e. The van der Waals surface area contributed by atoms with Crippen LogP contribution in [0.2, 0.25) is 0 Å². The van der Waals surface area contributed by atoms with Gasteiger partial charge in [0.15, 0.2) is 29.6 Å². The van der Waals surface area contributed by atoms with E-state index in [1.165, 1.54) is 0 Å². The summed E-state index contributed by atoms with van der Waals surface area (Å²) < 4.78 is 35.4. The van der Waals surface area contributed by atoms with Crippen molar-refractivity contribution in [2.75, 3.05) is 13.2 Å². The average molecular weight is 324 g/mol. The Morgan fingerprint density at radius 2 is 1.91 bits per heavy atom. The summed E-state index contributed by atoms with van der Waals surface area (Å²) in [7, 11) is 0. The van der Waals surface area contributed by atoms with Gasteiger partial charge < -0.3 is 28.4 Å². The Morgan fingerprint density at radius 1 is 1.17 bits per heavy atom. The van der Waals surface area contributed by atoms with Crippen LogP contribution in [0.3, 0.4) is 0 Å². The molecule has 0 radical (unpaired) electrons. The number of ether oxygens (including phenoxy) is 6. The fourth-order valence-corrected chi connectivity index (χ4v) is 3.32. The highest BCUT2D eigenvalue weighted by molar-refractivity contribution is 5.24. The Kier molecular flexibility index (Phi) is 4.08. The number of fused-ring (bicyclic) bond motifs is 1. The quantitative estimate of drug-likeness (QED) is 0.578. The molecule has 0 spiro atoms. The van der Waals surface area contributed by atoms with E-state index in [4.69, 9.17) is 34.8 Å². The van der Waals surface area contributed by atoms with E-state index < -0.39 is 35.7 Å². The third-order valence-electron chi connectivity index (χ3n) is 4.22. The van der Waals surface area contributed by atoms with Gasteiger partial charge in [-0.15, -0.1) is 13.0 Å². The van der Waals surface area contributed by atoms with Crippen LogP contribution in [0.15, 0.2) is 12.7 Å². The van der Waals surface area contributed by atoms with E-state index in [1.54, 1.807) is 6.08 Å². The molecule has 6 nitrogen and oxygen atoms in total. The highest BCUT2D eigenvalue weighted by Gasteiger charge is 2.67. The van der Waals surface area contributed by atoms with Gasteiger partial charge in [0.1, 0.15) is 12.2 Å². The maximum Gasteiger partial charge on any atom is 0.191 e. The summed E-state index contributed by atoms with van der Waals surface area (Å²) in [4.78, 5) is 0. The molecule has 23 heavy (non-hydrogen) atoms. The lowest BCUT2D eigenvalue weighted by atomic mass is 9.89. The molecule has 0 amide bonds. The van der Waals surface area contributed by atoms with E-state index in [1.807, 2.05) is 27.7 Å². The van der Waals surface area contributed by atoms with Gasteiger partial charge in [0.05, 0.1) is 13.2 Å². The summed E-state index contributed by atoms with van der Waals surface area (Å²) in [6, 6.07) is 0. The van der Waals surface area contributed by atoms with Gasteiger partial charge in [0.25, 0.3) is 0 Å². The van der Waals surface area contributed by atoms with E-state index in [2.05, 4.69) is 12.5 Å². The van der Waals surface area contributed by atoms with Crippen LogP contribution in [-0.4, -0.2) is 55.0 Å². The summed E-state index contributed by atoms with van der Waals surface area (Å²) in [5.41, 5.74) is -1.12. The Labute approximate surface area is 137 Å². The van der Waals surface area contributed by atoms with E-state index >= 15 is 0 Å². The summed E-state index contributed by atoms with van der Waals surface area (Å²) >= 11 is 0. The minimum Gasteiger partial charge on any atom is -0.352 e. The zero-order valence-corrected chi connectivity index (χ0v) is 14.0. The molecule has 0 aromatic carbocycles. The molecule has 0 aromatic heterocycles. The van der Waals surface area contributed by atoms with Gasteiger partial charge in [0, 0.05) is 0 Å². The monoisotopic (exact) mass is 324 g/mol. The molecular weight excluding hydrogens is 300 g/mol. The van der Waals surface area contributed by atoms with Crippen LogP contribution in [0.4, 0.5) is 0 Å². The van der Waals surface area contributed by atoms with Crippen molar-refractivity contribution in [2.24, 2.45) is 0 Å². The third kappa shape index (κ3) is 2.82. The maximum absolute atomic E-state index is 6.05. The fourth-order valence-electron chi connectivity index (χ4n) is 3.32. The van der Waals surface area contributed by atoms with Crippen molar-refractivity contribution >= 4 is 0 Å². The number of hydrogen-bond acceptors (Lipinski definition) is 6. The first-order valence-corrected chi connectivity index (χ1v) is 7.78. The van der Waals surface area contributed by atoms with Gasteiger partial charge in [-0.1, -0.05) is 12.0 Å². The first-order valence-electron chi connectivity index (χ1n) is 7.78. The van der Waals surface area contributed by atoms with E-state index in [-0.39, 0.29) is 12.7 Å². The molecule has 3 rings (SSSR count). The predicted octanol–water partition coefficient (Wildman–Crippen LogP) is 1.59. The summed E-state index contributed by atoms with van der Waals surface area (Å²) in [6.07, 6.45) is 5.42. The van der Waals surface area contributed by atoms with Gasteiger partial charge >= 0.3 is 0 Å². The molecule has 0 aromatic rings. The molecule has 0 unspecified atom stereocenters. The van der Waals surface area contributed by atoms with Crippen LogP contribution >= 0.6 is 0 Å². The van der Waals surface area contributed by atoms with Crippen molar-refractivity contribution in [1.82, 2.24) is 0 Å². The molecule has 3 saturated heterocycles. The summed E-state index contributed by atoms with van der Waals surface area (Å²) in [5.74, 6) is 1.27. The van der Waals surface area contributed by atoms with Crippen molar-refractivity contribution < 1.29 is 28.4 Å². The largest absolute Gasteiger partial charge is 0.352 e. The standard InChI is InChI=1S/C17H24O6/c1-7-9-18-17(8-2)12(11-10-19-15(3,4)21-11)20-14-13(17)22-16(5,6)23-14/h2,7,11-14H,1,9-10H2,3-6H3/t11-,12-,13+,14-,17-/m1/s1. The lowest BCUT2D eigenvalue weighted by molar-refractivity contribution is -0.244. The van der Waals surface area contributed by atoms with Crippen LogP contribution in [0, 0.1) is 12.3 Å². The molecule has 0 bridgehead atoms. The molecule has 3 aliphatic heterocycles. The normalized spacial score (nSPS) is 44.0.